The van der Waals surface area contributed by atoms with Crippen LogP contribution in [0.15, 0.2) is 36.4 Å². The lowest BCUT2D eigenvalue weighted by atomic mass is 9.65. The van der Waals surface area contributed by atoms with Crippen LogP contribution in [0.2, 0.25) is 0 Å². The normalized spacial score (nSPS) is 14.4. The molecular formula is C37H62. The van der Waals surface area contributed by atoms with Gasteiger partial charge in [0.2, 0.25) is 0 Å². The van der Waals surface area contributed by atoms with Gasteiger partial charge in [-0.3, -0.25) is 0 Å². The van der Waals surface area contributed by atoms with Gasteiger partial charge in [-0.25, -0.2) is 0 Å². The van der Waals surface area contributed by atoms with Gasteiger partial charge in [-0.05, 0) is 60.8 Å². The van der Waals surface area contributed by atoms with Crippen molar-refractivity contribution >= 4 is 0 Å². The fraction of sp³-hybridized carbons (Fsp3) is 0.676. The zero-order valence-electron chi connectivity index (χ0n) is 26.6. The number of fused-ring (bicyclic) bond motifs is 3. The first kappa shape index (κ1) is 33.5. The van der Waals surface area contributed by atoms with E-state index in [1.165, 1.54) is 99.3 Å². The standard InChI is InChI=1S/C31H46.2C3H8/c1-7-11-13-25(9-3)21-31(22-26(10-4)14-12-8-2)29-19-23(5)15-17-27(29)28-18-16-24(6)20-30(28)31;2*1-3-2/h15-20,25-26H,7-14,21-22H2,1-6H3;2*3H2,1-2H3. The summed E-state index contributed by atoms with van der Waals surface area (Å²) in [6.07, 6.45) is 15.8. The molecule has 0 aromatic heterocycles. The summed E-state index contributed by atoms with van der Waals surface area (Å²) in [5.41, 5.74) is 9.31. The van der Waals surface area contributed by atoms with E-state index in [0.29, 0.717) is 0 Å². The molecule has 0 saturated heterocycles. The SMILES string of the molecule is CCC.CCC.CCCCC(CC)CC1(CC(CC)CCCC)c2cc(C)ccc2-c2ccc(C)cc21. The molecule has 0 spiro atoms. The van der Waals surface area contributed by atoms with Crippen LogP contribution in [0, 0.1) is 25.7 Å². The molecule has 0 amide bonds. The minimum Gasteiger partial charge on any atom is -0.0656 e. The second-order valence-corrected chi connectivity index (χ2v) is 11.8. The van der Waals surface area contributed by atoms with E-state index < -0.39 is 0 Å². The predicted molar refractivity (Wildman–Crippen MR) is 170 cm³/mol. The monoisotopic (exact) mass is 506 g/mol. The zero-order valence-corrected chi connectivity index (χ0v) is 26.6. The van der Waals surface area contributed by atoms with Crippen LogP contribution in [0.25, 0.3) is 11.1 Å². The molecule has 2 aromatic carbocycles. The van der Waals surface area contributed by atoms with E-state index in [2.05, 4.69) is 106 Å². The summed E-state index contributed by atoms with van der Waals surface area (Å²) in [6.45, 7) is 22.6. The molecule has 0 nitrogen and oxygen atoms in total. The van der Waals surface area contributed by atoms with Gasteiger partial charge >= 0.3 is 0 Å². The predicted octanol–water partition coefficient (Wildman–Crippen LogP) is 12.6. The molecule has 0 radical (unpaired) electrons. The third kappa shape index (κ3) is 9.30. The molecule has 2 unspecified atom stereocenters. The summed E-state index contributed by atoms with van der Waals surface area (Å²) in [5, 5.41) is 0. The van der Waals surface area contributed by atoms with Gasteiger partial charge in [0.15, 0.2) is 0 Å². The van der Waals surface area contributed by atoms with Gasteiger partial charge in [-0.1, -0.05) is 167 Å². The summed E-state index contributed by atoms with van der Waals surface area (Å²) in [6, 6.07) is 14.6. The first-order valence-electron chi connectivity index (χ1n) is 16.0. The Labute approximate surface area is 233 Å². The van der Waals surface area contributed by atoms with Crippen molar-refractivity contribution in [3.8, 4) is 11.1 Å². The third-order valence-electron chi connectivity index (χ3n) is 8.03. The van der Waals surface area contributed by atoms with Crippen molar-refractivity contribution in [1.82, 2.24) is 0 Å². The van der Waals surface area contributed by atoms with E-state index in [4.69, 9.17) is 0 Å². The van der Waals surface area contributed by atoms with Gasteiger partial charge in [0.1, 0.15) is 0 Å². The number of hydrogen-bond acceptors (Lipinski definition) is 0. The second-order valence-electron chi connectivity index (χ2n) is 11.8. The van der Waals surface area contributed by atoms with E-state index in [1.54, 1.807) is 11.1 Å². The molecule has 0 heteroatoms. The molecule has 1 aliphatic rings. The van der Waals surface area contributed by atoms with Crippen molar-refractivity contribution in [3.63, 3.8) is 0 Å². The molecule has 1 aliphatic carbocycles. The maximum Gasteiger partial charge on any atom is 0.0220 e. The summed E-state index contributed by atoms with van der Waals surface area (Å²) in [5.74, 6) is 1.62. The largest absolute Gasteiger partial charge is 0.0656 e. The van der Waals surface area contributed by atoms with Crippen LogP contribution < -0.4 is 0 Å². The Morgan fingerprint density at radius 3 is 1.22 bits per heavy atom. The minimum atomic E-state index is 0.186. The van der Waals surface area contributed by atoms with Crippen molar-refractivity contribution < 1.29 is 0 Å². The van der Waals surface area contributed by atoms with Gasteiger partial charge in [0.25, 0.3) is 0 Å². The Hall–Kier alpha value is -1.56. The molecule has 0 heterocycles. The Morgan fingerprint density at radius 1 is 0.568 bits per heavy atom. The maximum absolute atomic E-state index is 2.55. The fourth-order valence-corrected chi connectivity index (χ4v) is 6.12. The first-order valence-corrected chi connectivity index (χ1v) is 16.0. The van der Waals surface area contributed by atoms with Crippen molar-refractivity contribution in [2.45, 2.75) is 152 Å². The third-order valence-corrected chi connectivity index (χ3v) is 8.03. The summed E-state index contributed by atoms with van der Waals surface area (Å²) in [4.78, 5) is 0. The van der Waals surface area contributed by atoms with Crippen LogP contribution in [0.5, 0.6) is 0 Å². The summed E-state index contributed by atoms with van der Waals surface area (Å²) in [7, 11) is 0. The van der Waals surface area contributed by atoms with E-state index in [-0.39, 0.29) is 5.41 Å². The lowest BCUT2D eigenvalue weighted by Crippen LogP contribution is -2.31. The quantitative estimate of drug-likeness (QED) is 0.268. The summed E-state index contributed by atoms with van der Waals surface area (Å²) < 4.78 is 0. The van der Waals surface area contributed by atoms with Crippen LogP contribution in [-0.4, -0.2) is 0 Å². The molecule has 210 valence electrons. The average Bonchev–Trinajstić information content (AvgIpc) is 3.13. The number of benzene rings is 2. The van der Waals surface area contributed by atoms with Crippen molar-refractivity contribution in [1.29, 1.82) is 0 Å². The van der Waals surface area contributed by atoms with E-state index in [9.17, 15) is 0 Å². The van der Waals surface area contributed by atoms with Gasteiger partial charge in [-0.2, -0.15) is 0 Å². The van der Waals surface area contributed by atoms with Crippen LogP contribution in [0.1, 0.15) is 155 Å². The van der Waals surface area contributed by atoms with Gasteiger partial charge in [0.05, 0.1) is 0 Å². The van der Waals surface area contributed by atoms with Crippen LogP contribution in [-0.2, 0) is 5.41 Å². The highest BCUT2D eigenvalue weighted by atomic mass is 14.5. The van der Waals surface area contributed by atoms with Crippen LogP contribution in [0.4, 0.5) is 0 Å². The first-order chi connectivity index (χ1) is 17.8. The fourth-order valence-electron chi connectivity index (χ4n) is 6.12. The highest BCUT2D eigenvalue weighted by Gasteiger charge is 2.45. The molecule has 0 bridgehead atoms. The highest BCUT2D eigenvalue weighted by molar-refractivity contribution is 5.81. The Bertz CT molecular complexity index is 800. The maximum atomic E-state index is 2.55. The van der Waals surface area contributed by atoms with E-state index in [1.807, 2.05) is 0 Å². The summed E-state index contributed by atoms with van der Waals surface area (Å²) >= 11 is 0. The second kappa shape index (κ2) is 17.9. The molecule has 0 aliphatic heterocycles. The highest BCUT2D eigenvalue weighted by Crippen LogP contribution is 2.56. The molecule has 0 saturated carbocycles. The van der Waals surface area contributed by atoms with Crippen LogP contribution >= 0.6 is 0 Å². The number of aryl methyl sites for hydroxylation is 2. The number of rotatable bonds is 12. The molecule has 3 rings (SSSR count). The van der Waals surface area contributed by atoms with E-state index in [0.717, 1.165) is 11.8 Å². The molecule has 0 fully saturated rings. The van der Waals surface area contributed by atoms with Crippen molar-refractivity contribution in [2.75, 3.05) is 0 Å². The average molecular weight is 507 g/mol. The van der Waals surface area contributed by atoms with Crippen molar-refractivity contribution in [2.24, 2.45) is 11.8 Å². The molecule has 37 heavy (non-hydrogen) atoms. The van der Waals surface area contributed by atoms with Crippen molar-refractivity contribution in [3.05, 3.63) is 58.7 Å². The molecular weight excluding hydrogens is 444 g/mol. The smallest absolute Gasteiger partial charge is 0.0220 e. The molecule has 2 aromatic rings. The molecule has 2 atom stereocenters. The topological polar surface area (TPSA) is 0 Å². The van der Waals surface area contributed by atoms with Crippen LogP contribution in [0.3, 0.4) is 0 Å². The minimum absolute atomic E-state index is 0.186. The Morgan fingerprint density at radius 2 is 0.919 bits per heavy atom. The Kier molecular flexibility index (Phi) is 16.2. The number of unbranched alkanes of at least 4 members (excludes halogenated alkanes) is 2. The van der Waals surface area contributed by atoms with E-state index >= 15 is 0 Å². The van der Waals surface area contributed by atoms with Gasteiger partial charge in [0, 0.05) is 5.41 Å². The lowest BCUT2D eigenvalue weighted by molar-refractivity contribution is 0.266. The lowest BCUT2D eigenvalue weighted by Gasteiger charge is -2.39. The van der Waals surface area contributed by atoms with Gasteiger partial charge < -0.3 is 0 Å². The zero-order chi connectivity index (χ0) is 27.8. The van der Waals surface area contributed by atoms with Gasteiger partial charge in [-0.15, -0.1) is 0 Å². The Balaban J connectivity index is 0.00000104. The number of hydrogen-bond donors (Lipinski definition) is 0. The molecule has 0 N–H and O–H groups in total.